The van der Waals surface area contributed by atoms with Crippen molar-refractivity contribution in [3.63, 3.8) is 0 Å². The number of carbonyl (C=O) groups excluding carboxylic acids is 1. The zero-order valence-corrected chi connectivity index (χ0v) is 9.50. The van der Waals surface area contributed by atoms with Crippen LogP contribution < -0.4 is 5.73 Å². The van der Waals surface area contributed by atoms with E-state index in [1.54, 1.807) is 11.8 Å². The van der Waals surface area contributed by atoms with E-state index in [2.05, 4.69) is 0 Å². The minimum Gasteiger partial charge on any atom is -0.337 e. The average Bonchev–Trinajstić information content (AvgIpc) is 2.20. The summed E-state index contributed by atoms with van der Waals surface area (Å²) in [6.45, 7) is 3.19. The van der Waals surface area contributed by atoms with Crippen LogP contribution in [0.25, 0.3) is 0 Å². The Morgan fingerprint density at radius 3 is 2.47 bits per heavy atom. The first kappa shape index (κ1) is 12.0. The fraction of sp³-hybridized carbons (Fsp3) is 0.364. The van der Waals surface area contributed by atoms with Crippen LogP contribution in [0.3, 0.4) is 0 Å². The van der Waals surface area contributed by atoms with Gasteiger partial charge in [-0.05, 0) is 17.7 Å². The maximum Gasteiger partial charge on any atom is 0.219 e. The van der Waals surface area contributed by atoms with E-state index in [4.69, 9.17) is 17.3 Å². The molecule has 0 aromatic heterocycles. The molecule has 0 aliphatic rings. The number of benzene rings is 1. The number of rotatable bonds is 4. The fourth-order valence-corrected chi connectivity index (χ4v) is 1.44. The molecule has 0 atom stereocenters. The summed E-state index contributed by atoms with van der Waals surface area (Å²) < 4.78 is 0. The number of hydrogen-bond donors (Lipinski definition) is 1. The van der Waals surface area contributed by atoms with Gasteiger partial charge in [-0.2, -0.15) is 0 Å². The Labute approximate surface area is 94.8 Å². The smallest absolute Gasteiger partial charge is 0.219 e. The third kappa shape index (κ3) is 3.90. The predicted octanol–water partition coefficient (Wildman–Crippen LogP) is 1.65. The zero-order chi connectivity index (χ0) is 11.3. The molecule has 3 nitrogen and oxygen atoms in total. The van der Waals surface area contributed by atoms with Gasteiger partial charge in [0, 0.05) is 31.6 Å². The molecule has 0 heterocycles. The molecule has 1 amide bonds. The first-order valence-corrected chi connectivity index (χ1v) is 5.21. The fourth-order valence-electron chi connectivity index (χ4n) is 1.31. The molecule has 0 fully saturated rings. The van der Waals surface area contributed by atoms with Crippen LogP contribution in [-0.2, 0) is 11.3 Å². The lowest BCUT2D eigenvalue weighted by atomic mass is 10.2. The zero-order valence-electron chi connectivity index (χ0n) is 8.74. The summed E-state index contributed by atoms with van der Waals surface area (Å²) in [5.74, 6) is 0.0374. The van der Waals surface area contributed by atoms with Gasteiger partial charge in [0.1, 0.15) is 0 Å². The van der Waals surface area contributed by atoms with E-state index in [0.29, 0.717) is 24.7 Å². The van der Waals surface area contributed by atoms with Gasteiger partial charge in [-0.3, -0.25) is 4.79 Å². The summed E-state index contributed by atoms with van der Waals surface area (Å²) in [6, 6.07) is 7.46. The van der Waals surface area contributed by atoms with Gasteiger partial charge >= 0.3 is 0 Å². The number of carbonyl (C=O) groups is 1. The Morgan fingerprint density at radius 1 is 1.40 bits per heavy atom. The second-order valence-corrected chi connectivity index (χ2v) is 3.79. The molecule has 4 heteroatoms. The molecule has 82 valence electrons. The Balaban J connectivity index is 2.65. The molecule has 15 heavy (non-hydrogen) atoms. The van der Waals surface area contributed by atoms with Crippen molar-refractivity contribution in [2.75, 3.05) is 13.1 Å². The Kier molecular flexibility index (Phi) is 4.59. The molecule has 0 aliphatic carbocycles. The summed E-state index contributed by atoms with van der Waals surface area (Å²) in [5, 5.41) is 0.701. The van der Waals surface area contributed by atoms with Crippen molar-refractivity contribution in [1.82, 2.24) is 4.90 Å². The number of nitrogens with zero attached hydrogens (tertiary/aromatic N) is 1. The molecule has 1 rings (SSSR count). The van der Waals surface area contributed by atoms with E-state index in [-0.39, 0.29) is 5.91 Å². The third-order valence-electron chi connectivity index (χ3n) is 2.13. The van der Waals surface area contributed by atoms with Crippen molar-refractivity contribution in [1.29, 1.82) is 0 Å². The van der Waals surface area contributed by atoms with E-state index >= 15 is 0 Å². The summed E-state index contributed by atoms with van der Waals surface area (Å²) in [6.07, 6.45) is 0. The van der Waals surface area contributed by atoms with Crippen molar-refractivity contribution in [2.24, 2.45) is 5.73 Å². The molecular formula is C11H15ClN2O. The predicted molar refractivity (Wildman–Crippen MR) is 61.6 cm³/mol. The minimum absolute atomic E-state index is 0.0374. The normalized spacial score (nSPS) is 10.1. The van der Waals surface area contributed by atoms with E-state index in [9.17, 15) is 4.79 Å². The topological polar surface area (TPSA) is 46.3 Å². The van der Waals surface area contributed by atoms with Crippen LogP contribution in [0.15, 0.2) is 24.3 Å². The van der Waals surface area contributed by atoms with E-state index in [1.165, 1.54) is 0 Å². The minimum atomic E-state index is 0.0374. The lowest BCUT2D eigenvalue weighted by Gasteiger charge is -2.20. The van der Waals surface area contributed by atoms with Crippen molar-refractivity contribution >= 4 is 17.5 Å². The molecule has 0 saturated carbocycles. The Hall–Kier alpha value is -1.06. The standard InChI is InChI=1S/C11H15ClN2O/c1-9(15)14(7-6-13)8-10-2-4-11(12)5-3-10/h2-5H,6-8,13H2,1H3. The summed E-state index contributed by atoms with van der Waals surface area (Å²) in [4.78, 5) is 13.0. The molecule has 0 unspecified atom stereocenters. The summed E-state index contributed by atoms with van der Waals surface area (Å²) in [7, 11) is 0. The first-order chi connectivity index (χ1) is 7.13. The number of hydrogen-bond acceptors (Lipinski definition) is 2. The van der Waals surface area contributed by atoms with Gasteiger partial charge in [-0.15, -0.1) is 0 Å². The van der Waals surface area contributed by atoms with Gasteiger partial charge in [-0.25, -0.2) is 0 Å². The number of amides is 1. The van der Waals surface area contributed by atoms with E-state index < -0.39 is 0 Å². The Bertz CT molecular complexity index is 324. The molecule has 2 N–H and O–H groups in total. The van der Waals surface area contributed by atoms with Crippen LogP contribution in [0.4, 0.5) is 0 Å². The van der Waals surface area contributed by atoms with Crippen LogP contribution >= 0.6 is 11.6 Å². The monoisotopic (exact) mass is 226 g/mol. The van der Waals surface area contributed by atoms with Gasteiger partial charge in [0.05, 0.1) is 0 Å². The van der Waals surface area contributed by atoms with Crippen LogP contribution in [0.5, 0.6) is 0 Å². The largest absolute Gasteiger partial charge is 0.337 e. The highest BCUT2D eigenvalue weighted by Crippen LogP contribution is 2.11. The van der Waals surface area contributed by atoms with Gasteiger partial charge in [0.2, 0.25) is 5.91 Å². The molecule has 1 aromatic rings. The molecule has 0 spiro atoms. The average molecular weight is 227 g/mol. The Morgan fingerprint density at radius 2 is 2.00 bits per heavy atom. The maximum absolute atomic E-state index is 11.2. The lowest BCUT2D eigenvalue weighted by molar-refractivity contribution is -0.129. The third-order valence-corrected chi connectivity index (χ3v) is 2.38. The van der Waals surface area contributed by atoms with Crippen molar-refractivity contribution in [3.8, 4) is 0 Å². The van der Waals surface area contributed by atoms with Crippen LogP contribution in [-0.4, -0.2) is 23.9 Å². The number of nitrogens with two attached hydrogens (primary N) is 1. The number of halogens is 1. The van der Waals surface area contributed by atoms with Crippen molar-refractivity contribution < 1.29 is 4.79 Å². The SMILES string of the molecule is CC(=O)N(CCN)Cc1ccc(Cl)cc1. The van der Waals surface area contributed by atoms with Crippen LogP contribution in [0, 0.1) is 0 Å². The van der Waals surface area contributed by atoms with Crippen LogP contribution in [0.2, 0.25) is 5.02 Å². The molecule has 1 aromatic carbocycles. The molecular weight excluding hydrogens is 212 g/mol. The van der Waals surface area contributed by atoms with Gasteiger partial charge < -0.3 is 10.6 Å². The molecule has 0 saturated heterocycles. The summed E-state index contributed by atoms with van der Waals surface area (Å²) in [5.41, 5.74) is 6.49. The van der Waals surface area contributed by atoms with Crippen molar-refractivity contribution in [3.05, 3.63) is 34.9 Å². The molecule has 0 aliphatic heterocycles. The second-order valence-electron chi connectivity index (χ2n) is 3.36. The van der Waals surface area contributed by atoms with Crippen molar-refractivity contribution in [2.45, 2.75) is 13.5 Å². The van der Waals surface area contributed by atoms with Gasteiger partial charge in [-0.1, -0.05) is 23.7 Å². The van der Waals surface area contributed by atoms with E-state index in [0.717, 1.165) is 5.56 Å². The molecule has 0 bridgehead atoms. The second kappa shape index (κ2) is 5.73. The highest BCUT2D eigenvalue weighted by Gasteiger charge is 2.07. The van der Waals surface area contributed by atoms with Gasteiger partial charge in [0.15, 0.2) is 0 Å². The summed E-state index contributed by atoms with van der Waals surface area (Å²) >= 11 is 5.77. The highest BCUT2D eigenvalue weighted by atomic mass is 35.5. The van der Waals surface area contributed by atoms with Crippen LogP contribution in [0.1, 0.15) is 12.5 Å². The lowest BCUT2D eigenvalue weighted by Crippen LogP contribution is -2.32. The highest BCUT2D eigenvalue weighted by molar-refractivity contribution is 6.30. The molecule has 0 radical (unpaired) electrons. The quantitative estimate of drug-likeness (QED) is 0.849. The van der Waals surface area contributed by atoms with Gasteiger partial charge in [0.25, 0.3) is 0 Å². The van der Waals surface area contributed by atoms with E-state index in [1.807, 2.05) is 24.3 Å². The first-order valence-electron chi connectivity index (χ1n) is 4.83. The maximum atomic E-state index is 11.2.